The van der Waals surface area contributed by atoms with Crippen molar-refractivity contribution in [3.63, 3.8) is 0 Å². The maximum Gasteiger partial charge on any atom is 0.309 e. The van der Waals surface area contributed by atoms with Crippen molar-refractivity contribution >= 4 is 28.9 Å². The van der Waals surface area contributed by atoms with Crippen molar-refractivity contribution in [2.75, 3.05) is 19.5 Å². The first-order chi connectivity index (χ1) is 15.4. The molecule has 4 aliphatic carbocycles. The molecule has 6 rings (SSSR count). The van der Waals surface area contributed by atoms with Gasteiger partial charge in [0.25, 0.3) is 5.56 Å². The fourth-order valence-electron chi connectivity index (χ4n) is 6.63. The third kappa shape index (κ3) is 3.15. The molecule has 1 heterocycles. The lowest BCUT2D eigenvalue weighted by molar-refractivity contribution is -0.168. The number of aromatic nitrogens is 2. The molecule has 2 unspecified atom stereocenters. The highest BCUT2D eigenvalue weighted by molar-refractivity contribution is 6.33. The lowest BCUT2D eigenvalue weighted by Crippen LogP contribution is -2.63. The Morgan fingerprint density at radius 1 is 1.19 bits per heavy atom. The van der Waals surface area contributed by atoms with E-state index in [4.69, 9.17) is 21.1 Å². The van der Waals surface area contributed by atoms with Crippen LogP contribution in [0.1, 0.15) is 32.1 Å². The summed E-state index contributed by atoms with van der Waals surface area (Å²) in [5.41, 5.74) is -0.373. The SMILES string of the molecule is COc1ccc(OC)c(Nc2cnn(C34C[C@@H]5CC(C[C@@H](C5)C3)[C@@H]4C(=O)O)c(=O)c2Cl)c1. The fraction of sp³-hybridized carbons (Fsp3) is 0.522. The van der Waals surface area contributed by atoms with Gasteiger partial charge in [-0.15, -0.1) is 0 Å². The second kappa shape index (κ2) is 7.69. The van der Waals surface area contributed by atoms with Gasteiger partial charge in [-0.05, 0) is 62.0 Å². The van der Waals surface area contributed by atoms with Crippen LogP contribution < -0.4 is 20.3 Å². The molecule has 170 valence electrons. The molecule has 4 bridgehead atoms. The van der Waals surface area contributed by atoms with E-state index in [2.05, 4.69) is 10.4 Å². The zero-order valence-corrected chi connectivity index (χ0v) is 18.8. The molecule has 0 radical (unpaired) electrons. The van der Waals surface area contributed by atoms with Crippen LogP contribution in [0.3, 0.4) is 0 Å². The van der Waals surface area contributed by atoms with Crippen molar-refractivity contribution in [1.82, 2.24) is 9.78 Å². The van der Waals surface area contributed by atoms with E-state index in [0.717, 1.165) is 19.3 Å². The summed E-state index contributed by atoms with van der Waals surface area (Å²) in [5, 5.41) is 17.6. The van der Waals surface area contributed by atoms with Gasteiger partial charge < -0.3 is 19.9 Å². The fourth-order valence-corrected chi connectivity index (χ4v) is 6.80. The van der Waals surface area contributed by atoms with Crippen molar-refractivity contribution in [1.29, 1.82) is 0 Å². The molecule has 1 aromatic carbocycles. The number of nitrogens with zero attached hydrogens (tertiary/aromatic N) is 2. The van der Waals surface area contributed by atoms with E-state index >= 15 is 0 Å². The van der Waals surface area contributed by atoms with Crippen LogP contribution in [-0.2, 0) is 10.3 Å². The number of rotatable bonds is 6. The minimum Gasteiger partial charge on any atom is -0.497 e. The van der Waals surface area contributed by atoms with E-state index in [1.165, 1.54) is 10.9 Å². The number of carboxylic acid groups (broad SMARTS) is 1. The Balaban J connectivity index is 1.55. The van der Waals surface area contributed by atoms with Crippen LogP contribution >= 0.6 is 11.6 Å². The summed E-state index contributed by atoms with van der Waals surface area (Å²) in [7, 11) is 3.11. The number of aliphatic carboxylic acids is 1. The highest BCUT2D eigenvalue weighted by Crippen LogP contribution is 2.61. The van der Waals surface area contributed by atoms with Gasteiger partial charge in [0.05, 0.1) is 43.2 Å². The highest BCUT2D eigenvalue weighted by Gasteiger charge is 2.61. The van der Waals surface area contributed by atoms with Crippen LogP contribution in [0.2, 0.25) is 5.02 Å². The molecular weight excluding hydrogens is 434 g/mol. The van der Waals surface area contributed by atoms with Crippen molar-refractivity contribution in [2.24, 2.45) is 23.7 Å². The van der Waals surface area contributed by atoms with E-state index in [9.17, 15) is 14.7 Å². The minimum absolute atomic E-state index is 0.0234. The predicted molar refractivity (Wildman–Crippen MR) is 119 cm³/mol. The van der Waals surface area contributed by atoms with Crippen molar-refractivity contribution < 1.29 is 19.4 Å². The van der Waals surface area contributed by atoms with Crippen LogP contribution in [0.4, 0.5) is 11.4 Å². The maximum absolute atomic E-state index is 13.4. The number of methoxy groups -OCH3 is 2. The molecule has 2 N–H and O–H groups in total. The number of carbonyl (C=O) groups is 1. The number of hydrogen-bond donors (Lipinski definition) is 2. The molecule has 4 saturated carbocycles. The largest absolute Gasteiger partial charge is 0.497 e. The molecule has 0 saturated heterocycles. The smallest absolute Gasteiger partial charge is 0.309 e. The molecule has 9 heteroatoms. The van der Waals surface area contributed by atoms with Gasteiger partial charge in [-0.2, -0.15) is 5.10 Å². The predicted octanol–water partition coefficient (Wildman–Crippen LogP) is 3.89. The molecular formula is C23H26ClN3O5. The van der Waals surface area contributed by atoms with Crippen molar-refractivity contribution in [3.05, 3.63) is 39.8 Å². The van der Waals surface area contributed by atoms with Gasteiger partial charge in [0, 0.05) is 6.07 Å². The first-order valence-electron chi connectivity index (χ1n) is 10.9. The van der Waals surface area contributed by atoms with Gasteiger partial charge in [0.2, 0.25) is 0 Å². The van der Waals surface area contributed by atoms with E-state index in [1.54, 1.807) is 32.4 Å². The summed E-state index contributed by atoms with van der Waals surface area (Å²) in [4.78, 5) is 25.7. The van der Waals surface area contributed by atoms with Crippen LogP contribution in [0.15, 0.2) is 29.2 Å². The van der Waals surface area contributed by atoms with Gasteiger partial charge in [0.1, 0.15) is 16.5 Å². The number of nitrogens with one attached hydrogen (secondary N) is 1. The second-order valence-corrected chi connectivity index (χ2v) is 9.69. The Bertz CT molecular complexity index is 1120. The summed E-state index contributed by atoms with van der Waals surface area (Å²) in [6.07, 6.45) is 5.79. The molecule has 0 amide bonds. The number of anilines is 2. The molecule has 1 aromatic heterocycles. The van der Waals surface area contributed by atoms with Crippen LogP contribution in [0.5, 0.6) is 11.5 Å². The first kappa shape index (κ1) is 21.1. The van der Waals surface area contributed by atoms with Gasteiger partial charge in [-0.1, -0.05) is 11.6 Å². The van der Waals surface area contributed by atoms with Gasteiger partial charge >= 0.3 is 5.97 Å². The summed E-state index contributed by atoms with van der Waals surface area (Å²) in [5.74, 6) is 0.673. The van der Waals surface area contributed by atoms with E-state index in [1.807, 2.05) is 0 Å². The third-order valence-corrected chi connectivity index (χ3v) is 7.92. The number of benzene rings is 1. The maximum atomic E-state index is 13.4. The number of carboxylic acids is 1. The summed E-state index contributed by atoms with van der Waals surface area (Å²) in [6, 6.07) is 5.25. The molecule has 0 spiro atoms. The first-order valence-corrected chi connectivity index (χ1v) is 11.2. The second-order valence-electron chi connectivity index (χ2n) is 9.31. The Morgan fingerprint density at radius 3 is 2.53 bits per heavy atom. The Morgan fingerprint density at radius 2 is 1.91 bits per heavy atom. The molecule has 5 atom stereocenters. The zero-order valence-electron chi connectivity index (χ0n) is 18.0. The summed E-state index contributed by atoms with van der Waals surface area (Å²) < 4.78 is 12.0. The topological polar surface area (TPSA) is 103 Å². The van der Waals surface area contributed by atoms with E-state index in [-0.39, 0.29) is 10.9 Å². The Hall–Kier alpha value is -2.74. The molecule has 0 aliphatic heterocycles. The lowest BCUT2D eigenvalue weighted by Gasteiger charge is -2.59. The van der Waals surface area contributed by atoms with Gasteiger partial charge in [0.15, 0.2) is 0 Å². The number of halogens is 1. The van der Waals surface area contributed by atoms with Gasteiger partial charge in [-0.3, -0.25) is 9.59 Å². The molecule has 4 fully saturated rings. The van der Waals surface area contributed by atoms with E-state index in [0.29, 0.717) is 47.6 Å². The monoisotopic (exact) mass is 459 g/mol. The molecule has 4 aliphatic rings. The molecule has 2 aromatic rings. The zero-order chi connectivity index (χ0) is 22.6. The van der Waals surface area contributed by atoms with Crippen molar-refractivity contribution in [3.8, 4) is 11.5 Å². The molecule has 8 nitrogen and oxygen atoms in total. The lowest BCUT2D eigenvalue weighted by atomic mass is 9.48. The van der Waals surface area contributed by atoms with Crippen LogP contribution in [-0.4, -0.2) is 35.1 Å². The van der Waals surface area contributed by atoms with E-state index < -0.39 is 23.0 Å². The normalized spacial score (nSPS) is 30.2. The number of hydrogen-bond acceptors (Lipinski definition) is 6. The average Bonchev–Trinajstić information content (AvgIpc) is 2.75. The summed E-state index contributed by atoms with van der Waals surface area (Å²) >= 11 is 6.53. The Kier molecular flexibility index (Phi) is 5.08. The number of ether oxygens (including phenoxy) is 2. The highest BCUT2D eigenvalue weighted by atomic mass is 35.5. The minimum atomic E-state index is -0.845. The van der Waals surface area contributed by atoms with Gasteiger partial charge in [-0.25, -0.2) is 4.68 Å². The third-order valence-electron chi connectivity index (χ3n) is 7.56. The quantitative estimate of drug-likeness (QED) is 0.675. The van der Waals surface area contributed by atoms with Crippen LogP contribution in [0.25, 0.3) is 0 Å². The summed E-state index contributed by atoms with van der Waals surface area (Å²) in [6.45, 7) is 0. The Labute approximate surface area is 190 Å². The van der Waals surface area contributed by atoms with Crippen molar-refractivity contribution in [2.45, 2.75) is 37.6 Å². The molecule has 32 heavy (non-hydrogen) atoms. The van der Waals surface area contributed by atoms with Crippen LogP contribution in [0, 0.1) is 23.7 Å². The average molecular weight is 460 g/mol. The standard InChI is InChI=1S/C23H26ClN3O5/c1-31-15-3-4-18(32-2)16(8-15)26-17-11-25-27(21(28)20(17)24)23-9-12-5-13(10-23)7-14(6-12)19(23)22(29)30/h3-4,8,11-14,19,26H,5-7,9-10H2,1-2H3,(H,29,30)/t12-,13+,14?,19-,23?/m1/s1.